The van der Waals surface area contributed by atoms with Gasteiger partial charge in [-0.15, -0.1) is 0 Å². The molecule has 1 amide bonds. The predicted molar refractivity (Wildman–Crippen MR) is 101 cm³/mol. The van der Waals surface area contributed by atoms with E-state index in [1.54, 1.807) is 6.20 Å². The zero-order valence-corrected chi connectivity index (χ0v) is 15.6. The smallest absolute Gasteiger partial charge is 0.242 e. The van der Waals surface area contributed by atoms with Crippen molar-refractivity contribution in [3.05, 3.63) is 47.8 Å². The summed E-state index contributed by atoms with van der Waals surface area (Å²) in [7, 11) is 0. The third-order valence-corrected chi connectivity index (χ3v) is 4.39. The second-order valence-electron chi connectivity index (χ2n) is 6.98. The van der Waals surface area contributed by atoms with Crippen LogP contribution in [0.1, 0.15) is 37.0 Å². The fourth-order valence-corrected chi connectivity index (χ4v) is 2.91. The van der Waals surface area contributed by atoms with E-state index in [9.17, 15) is 4.79 Å². The lowest BCUT2D eigenvalue weighted by molar-refractivity contribution is -0.119. The molecule has 7 nitrogen and oxygen atoms in total. The van der Waals surface area contributed by atoms with E-state index in [1.807, 2.05) is 31.3 Å². The van der Waals surface area contributed by atoms with E-state index >= 15 is 0 Å². The molecule has 1 fully saturated rings. The first-order valence-electron chi connectivity index (χ1n) is 9.02. The Morgan fingerprint density at radius 2 is 2.19 bits per heavy atom. The number of rotatable bonds is 5. The van der Waals surface area contributed by atoms with Crippen LogP contribution in [0.3, 0.4) is 0 Å². The van der Waals surface area contributed by atoms with Gasteiger partial charge >= 0.3 is 0 Å². The molecule has 3 heterocycles. The van der Waals surface area contributed by atoms with Crippen LogP contribution in [0.25, 0.3) is 0 Å². The number of aryl methyl sites for hydroxylation is 1. The van der Waals surface area contributed by atoms with E-state index in [1.165, 1.54) is 0 Å². The Kier molecular flexibility index (Phi) is 5.90. The number of carbonyl (C=O) groups is 1. The van der Waals surface area contributed by atoms with Gasteiger partial charge in [0.2, 0.25) is 5.91 Å². The second kappa shape index (κ2) is 8.33. The summed E-state index contributed by atoms with van der Waals surface area (Å²) in [6.45, 7) is 9.12. The number of anilines is 1. The third-order valence-electron chi connectivity index (χ3n) is 4.39. The minimum absolute atomic E-state index is 0.0362. The number of nitrogens with one attached hydrogen (secondary N) is 2. The number of pyridine rings is 1. The topological polar surface area (TPSA) is 83.0 Å². The lowest BCUT2D eigenvalue weighted by Crippen LogP contribution is -2.55. The highest BCUT2D eigenvalue weighted by atomic mass is 16.2. The normalized spacial score (nSPS) is 18.1. The van der Waals surface area contributed by atoms with Gasteiger partial charge in [0.25, 0.3) is 0 Å². The summed E-state index contributed by atoms with van der Waals surface area (Å²) in [6.07, 6.45) is 3.50. The predicted octanol–water partition coefficient (Wildman–Crippen LogP) is 1.72. The molecule has 2 N–H and O–H groups in total. The highest BCUT2D eigenvalue weighted by Gasteiger charge is 2.25. The van der Waals surface area contributed by atoms with Gasteiger partial charge in [0, 0.05) is 44.0 Å². The lowest BCUT2D eigenvalue weighted by Gasteiger charge is -2.32. The Labute approximate surface area is 154 Å². The Hall–Kier alpha value is -2.38. The van der Waals surface area contributed by atoms with E-state index in [-0.39, 0.29) is 11.9 Å². The Morgan fingerprint density at radius 1 is 1.35 bits per heavy atom. The van der Waals surface area contributed by atoms with Crippen molar-refractivity contribution in [2.75, 3.05) is 25.0 Å². The van der Waals surface area contributed by atoms with Crippen molar-refractivity contribution in [2.45, 2.75) is 39.3 Å². The van der Waals surface area contributed by atoms with Gasteiger partial charge < -0.3 is 10.6 Å². The fourth-order valence-electron chi connectivity index (χ4n) is 2.91. The molecule has 3 rings (SSSR count). The van der Waals surface area contributed by atoms with E-state index < -0.39 is 0 Å². The maximum atomic E-state index is 12.5. The van der Waals surface area contributed by atoms with Crippen molar-refractivity contribution in [2.24, 2.45) is 0 Å². The first kappa shape index (κ1) is 18.4. The van der Waals surface area contributed by atoms with Crippen molar-refractivity contribution in [1.82, 2.24) is 25.2 Å². The van der Waals surface area contributed by atoms with E-state index in [0.717, 1.165) is 42.5 Å². The molecule has 0 spiro atoms. The molecular formula is C19H26N6O. The van der Waals surface area contributed by atoms with Crippen LogP contribution in [0.2, 0.25) is 0 Å². The van der Waals surface area contributed by atoms with Crippen LogP contribution in [-0.4, -0.2) is 51.4 Å². The van der Waals surface area contributed by atoms with Crippen LogP contribution in [0.4, 0.5) is 5.69 Å². The largest absolute Gasteiger partial charge is 0.323 e. The quantitative estimate of drug-likeness (QED) is 0.851. The number of nitrogens with zero attached hydrogens (tertiary/aromatic N) is 4. The van der Waals surface area contributed by atoms with Gasteiger partial charge in [-0.1, -0.05) is 13.8 Å². The first-order valence-corrected chi connectivity index (χ1v) is 9.02. The van der Waals surface area contributed by atoms with Gasteiger partial charge in [0.1, 0.15) is 5.82 Å². The molecular weight excluding hydrogens is 328 g/mol. The summed E-state index contributed by atoms with van der Waals surface area (Å²) in [5, 5.41) is 6.22. The molecule has 26 heavy (non-hydrogen) atoms. The molecule has 0 aliphatic carbocycles. The molecule has 1 saturated heterocycles. The molecule has 2 aromatic heterocycles. The van der Waals surface area contributed by atoms with Crippen molar-refractivity contribution < 1.29 is 4.79 Å². The summed E-state index contributed by atoms with van der Waals surface area (Å²) < 4.78 is 0. The van der Waals surface area contributed by atoms with Crippen molar-refractivity contribution in [3.8, 4) is 0 Å². The van der Waals surface area contributed by atoms with Crippen molar-refractivity contribution in [1.29, 1.82) is 0 Å². The van der Waals surface area contributed by atoms with Gasteiger partial charge in [-0.05, 0) is 25.1 Å². The minimum atomic E-state index is -0.253. The monoisotopic (exact) mass is 354 g/mol. The number of amides is 1. The van der Waals surface area contributed by atoms with E-state index in [2.05, 4.69) is 44.3 Å². The summed E-state index contributed by atoms with van der Waals surface area (Å²) in [4.78, 5) is 27.9. The van der Waals surface area contributed by atoms with Gasteiger partial charge in [-0.3, -0.25) is 14.7 Å². The zero-order chi connectivity index (χ0) is 18.5. The molecule has 0 radical (unpaired) electrons. The molecule has 0 saturated carbocycles. The maximum absolute atomic E-state index is 12.5. The third kappa shape index (κ3) is 4.83. The van der Waals surface area contributed by atoms with Gasteiger partial charge in [-0.25, -0.2) is 9.97 Å². The highest BCUT2D eigenvalue weighted by molar-refractivity contribution is 5.94. The number of hydrogen-bond donors (Lipinski definition) is 2. The maximum Gasteiger partial charge on any atom is 0.242 e. The minimum Gasteiger partial charge on any atom is -0.323 e. The molecule has 1 aliphatic heterocycles. The number of hydrogen-bond acceptors (Lipinski definition) is 6. The SMILES string of the molecule is Cc1ccc(NC(=O)[C@H]2CN(Cc3ccnc(C(C)C)n3)CCN2)cn1. The van der Waals surface area contributed by atoms with Crippen LogP contribution in [0, 0.1) is 6.92 Å². The zero-order valence-electron chi connectivity index (χ0n) is 15.6. The molecule has 0 aromatic carbocycles. The van der Waals surface area contributed by atoms with Crippen LogP contribution in [0.15, 0.2) is 30.6 Å². The number of piperazine rings is 1. The first-order chi connectivity index (χ1) is 12.5. The lowest BCUT2D eigenvalue weighted by atomic mass is 10.1. The molecule has 1 atom stereocenters. The summed E-state index contributed by atoms with van der Waals surface area (Å²) >= 11 is 0. The molecule has 138 valence electrons. The standard InChI is InChI=1S/C19H26N6O/c1-13(2)18-21-7-6-16(23-18)11-25-9-8-20-17(12-25)19(26)24-15-5-4-14(3)22-10-15/h4-7,10,13,17,20H,8-9,11-12H2,1-3H3,(H,24,26)/t17-/m1/s1. The van der Waals surface area contributed by atoms with Gasteiger partial charge in [-0.2, -0.15) is 0 Å². The van der Waals surface area contributed by atoms with E-state index in [0.29, 0.717) is 12.5 Å². The molecule has 0 bridgehead atoms. The van der Waals surface area contributed by atoms with Crippen LogP contribution in [0.5, 0.6) is 0 Å². The molecule has 7 heteroatoms. The number of carbonyl (C=O) groups excluding carboxylic acids is 1. The average Bonchev–Trinajstić information content (AvgIpc) is 2.64. The Morgan fingerprint density at radius 3 is 2.92 bits per heavy atom. The van der Waals surface area contributed by atoms with Crippen molar-refractivity contribution in [3.63, 3.8) is 0 Å². The average molecular weight is 354 g/mol. The van der Waals surface area contributed by atoms with Crippen LogP contribution in [-0.2, 0) is 11.3 Å². The summed E-state index contributed by atoms with van der Waals surface area (Å²) in [6, 6.07) is 5.45. The Balaban J connectivity index is 1.59. The summed E-state index contributed by atoms with van der Waals surface area (Å²) in [5.41, 5.74) is 2.64. The van der Waals surface area contributed by atoms with Gasteiger partial charge in [0.05, 0.1) is 23.6 Å². The summed E-state index contributed by atoms with van der Waals surface area (Å²) in [5.74, 6) is 1.13. The highest BCUT2D eigenvalue weighted by Crippen LogP contribution is 2.12. The number of aromatic nitrogens is 3. The second-order valence-corrected chi connectivity index (χ2v) is 6.98. The Bertz CT molecular complexity index is 746. The van der Waals surface area contributed by atoms with E-state index in [4.69, 9.17) is 0 Å². The van der Waals surface area contributed by atoms with Gasteiger partial charge in [0.15, 0.2) is 0 Å². The van der Waals surface area contributed by atoms with Crippen LogP contribution >= 0.6 is 0 Å². The molecule has 0 unspecified atom stereocenters. The molecule has 2 aromatic rings. The molecule has 1 aliphatic rings. The van der Waals surface area contributed by atoms with Crippen molar-refractivity contribution >= 4 is 11.6 Å². The van der Waals surface area contributed by atoms with Crippen LogP contribution < -0.4 is 10.6 Å². The fraction of sp³-hybridized carbons (Fsp3) is 0.474.